The molecule has 0 saturated heterocycles. The minimum atomic E-state index is -0.479. The van der Waals surface area contributed by atoms with Crippen LogP contribution in [0, 0.1) is 5.92 Å². The molecular formula is C21H20O3. The zero-order valence-electron chi connectivity index (χ0n) is 13.9. The summed E-state index contributed by atoms with van der Waals surface area (Å²) in [4.78, 5) is 25.7. The summed E-state index contributed by atoms with van der Waals surface area (Å²) in [5, 5.41) is 0. The van der Waals surface area contributed by atoms with Gasteiger partial charge >= 0.3 is 0 Å². The van der Waals surface area contributed by atoms with E-state index in [4.69, 9.17) is 4.74 Å². The summed E-state index contributed by atoms with van der Waals surface area (Å²) in [6.45, 7) is 4.20. The molecule has 0 aromatic heterocycles. The van der Waals surface area contributed by atoms with Gasteiger partial charge in [0.1, 0.15) is 5.76 Å². The Morgan fingerprint density at radius 1 is 1.08 bits per heavy atom. The van der Waals surface area contributed by atoms with Crippen LogP contribution in [-0.2, 0) is 14.3 Å². The second kappa shape index (κ2) is 6.83. The molecule has 2 aliphatic rings. The number of hydrogen-bond donors (Lipinski definition) is 0. The third-order valence-corrected chi connectivity index (χ3v) is 4.35. The van der Waals surface area contributed by atoms with Crippen LogP contribution in [-0.4, -0.2) is 18.2 Å². The van der Waals surface area contributed by atoms with Crippen molar-refractivity contribution in [2.45, 2.75) is 20.3 Å². The highest BCUT2D eigenvalue weighted by molar-refractivity contribution is 6.59. The molecule has 3 rings (SSSR count). The molecule has 24 heavy (non-hydrogen) atoms. The smallest absolute Gasteiger partial charge is 0.237 e. The van der Waals surface area contributed by atoms with Gasteiger partial charge in [0.05, 0.1) is 12.2 Å². The molecule has 3 heteroatoms. The quantitative estimate of drug-likeness (QED) is 0.621. The maximum Gasteiger partial charge on any atom is 0.237 e. The first-order valence-electron chi connectivity index (χ1n) is 8.21. The molecule has 0 amide bonds. The summed E-state index contributed by atoms with van der Waals surface area (Å²) < 4.78 is 5.81. The molecule has 0 fully saturated rings. The maximum atomic E-state index is 12.8. The van der Waals surface area contributed by atoms with E-state index in [1.54, 1.807) is 0 Å². The molecule has 0 N–H and O–H groups in total. The maximum absolute atomic E-state index is 12.8. The lowest BCUT2D eigenvalue weighted by atomic mass is 9.78. The normalized spacial score (nSPS) is 20.8. The van der Waals surface area contributed by atoms with Gasteiger partial charge in [0.25, 0.3) is 0 Å². The van der Waals surface area contributed by atoms with Gasteiger partial charge in [-0.15, -0.1) is 0 Å². The van der Waals surface area contributed by atoms with Crippen LogP contribution in [0.15, 0.2) is 71.5 Å². The number of rotatable bonds is 4. The molecule has 0 radical (unpaired) electrons. The molecule has 1 aromatic rings. The van der Waals surface area contributed by atoms with Gasteiger partial charge in [-0.3, -0.25) is 9.59 Å². The number of ether oxygens (including phenoxy) is 1. The van der Waals surface area contributed by atoms with Crippen molar-refractivity contribution in [3.63, 3.8) is 0 Å². The van der Waals surface area contributed by atoms with Crippen molar-refractivity contribution in [1.82, 2.24) is 0 Å². The van der Waals surface area contributed by atoms with Gasteiger partial charge in [0.15, 0.2) is 0 Å². The van der Waals surface area contributed by atoms with E-state index >= 15 is 0 Å². The lowest BCUT2D eigenvalue weighted by Crippen LogP contribution is -2.29. The van der Waals surface area contributed by atoms with Gasteiger partial charge in [-0.25, -0.2) is 0 Å². The van der Waals surface area contributed by atoms with Crippen molar-refractivity contribution >= 4 is 17.1 Å². The molecule has 1 unspecified atom stereocenters. The lowest BCUT2D eigenvalue weighted by molar-refractivity contribution is -0.131. The molecule has 122 valence electrons. The Labute approximate surface area is 142 Å². The van der Waals surface area contributed by atoms with Crippen molar-refractivity contribution in [2.75, 3.05) is 6.61 Å². The molecule has 0 spiro atoms. The minimum Gasteiger partial charge on any atom is -0.493 e. The van der Waals surface area contributed by atoms with Crippen molar-refractivity contribution in [3.05, 3.63) is 77.1 Å². The fraction of sp³-hybridized carbons (Fsp3) is 0.238. The second-order valence-corrected chi connectivity index (χ2v) is 5.86. The first-order chi connectivity index (χ1) is 11.6. The molecular weight excluding hydrogens is 300 g/mol. The highest BCUT2D eigenvalue weighted by Gasteiger charge is 2.37. The first-order valence-corrected chi connectivity index (χ1v) is 8.21. The monoisotopic (exact) mass is 320 g/mol. The van der Waals surface area contributed by atoms with E-state index < -0.39 is 11.6 Å². The number of allylic oxidation sites excluding steroid dienone is 7. The molecule has 0 saturated carbocycles. The van der Waals surface area contributed by atoms with Crippen LogP contribution < -0.4 is 0 Å². The zero-order chi connectivity index (χ0) is 17.1. The Kier molecular flexibility index (Phi) is 4.61. The van der Waals surface area contributed by atoms with Crippen molar-refractivity contribution < 1.29 is 14.3 Å². The average Bonchev–Trinajstić information content (AvgIpc) is 2.62. The number of benzene rings is 1. The van der Waals surface area contributed by atoms with E-state index in [0.717, 1.165) is 17.6 Å². The van der Waals surface area contributed by atoms with Crippen molar-refractivity contribution in [3.8, 4) is 0 Å². The van der Waals surface area contributed by atoms with Gasteiger partial charge in [-0.1, -0.05) is 54.6 Å². The Balaban J connectivity index is 2.18. The number of hydrogen-bond acceptors (Lipinski definition) is 3. The Bertz CT molecular complexity index is 792. The largest absolute Gasteiger partial charge is 0.493 e. The molecule has 3 nitrogen and oxygen atoms in total. The summed E-state index contributed by atoms with van der Waals surface area (Å²) >= 11 is 0. The topological polar surface area (TPSA) is 43.4 Å². The Hall–Kier alpha value is -2.68. The van der Waals surface area contributed by atoms with Gasteiger partial charge in [0.2, 0.25) is 11.6 Å². The van der Waals surface area contributed by atoms with Crippen LogP contribution in [0.4, 0.5) is 0 Å². The predicted octanol–water partition coefficient (Wildman–Crippen LogP) is 4.03. The molecule has 2 aliphatic carbocycles. The fourth-order valence-corrected chi connectivity index (χ4v) is 3.25. The van der Waals surface area contributed by atoms with Crippen molar-refractivity contribution in [2.24, 2.45) is 5.92 Å². The number of Topliss-reactive ketones (excluding diaryl/α,β-unsaturated/α-hetero) is 2. The van der Waals surface area contributed by atoms with E-state index in [1.807, 2.05) is 68.5 Å². The van der Waals surface area contributed by atoms with E-state index in [-0.39, 0.29) is 5.92 Å². The highest BCUT2D eigenvalue weighted by Crippen LogP contribution is 2.37. The molecule has 1 aromatic carbocycles. The number of carbonyl (C=O) groups is 2. The van der Waals surface area contributed by atoms with E-state index in [0.29, 0.717) is 23.5 Å². The van der Waals surface area contributed by atoms with Gasteiger partial charge in [-0.05, 0) is 31.4 Å². The van der Waals surface area contributed by atoms with Crippen LogP contribution in [0.25, 0.3) is 5.57 Å². The lowest BCUT2D eigenvalue weighted by Gasteiger charge is -2.26. The average molecular weight is 320 g/mol. The third-order valence-electron chi connectivity index (χ3n) is 4.35. The van der Waals surface area contributed by atoms with E-state index in [2.05, 4.69) is 0 Å². The summed E-state index contributed by atoms with van der Waals surface area (Å²) in [7, 11) is 0. The highest BCUT2D eigenvalue weighted by atomic mass is 16.5. The summed E-state index contributed by atoms with van der Waals surface area (Å²) in [5.74, 6) is -0.432. The van der Waals surface area contributed by atoms with Gasteiger partial charge < -0.3 is 4.74 Å². The number of carbonyl (C=O) groups excluding carboxylic acids is 2. The predicted molar refractivity (Wildman–Crippen MR) is 94.1 cm³/mol. The van der Waals surface area contributed by atoms with E-state index in [1.165, 1.54) is 0 Å². The zero-order valence-corrected chi connectivity index (χ0v) is 13.9. The minimum absolute atomic E-state index is 0.0702. The first kappa shape index (κ1) is 16.2. The molecule has 0 aliphatic heterocycles. The second-order valence-electron chi connectivity index (χ2n) is 5.86. The standard InChI is InChI=1S/C21H20O3/c1-3-24-21-14(2)17(15-10-6-4-7-11-15)19(22)20(23)18(21)16-12-8-5-9-13-16/h4-10,12-13,15H,3,11H2,1-2H3. The van der Waals surface area contributed by atoms with Gasteiger partial charge in [-0.2, -0.15) is 0 Å². The van der Waals surface area contributed by atoms with Crippen molar-refractivity contribution in [1.29, 1.82) is 0 Å². The SMILES string of the molecule is CCOC1=C(c2ccccc2)C(=O)C(=O)C(C2C=CC=CC2)=C1C. The van der Waals surface area contributed by atoms with Crippen LogP contribution >= 0.6 is 0 Å². The van der Waals surface area contributed by atoms with Crippen LogP contribution in [0.2, 0.25) is 0 Å². The summed E-state index contributed by atoms with van der Waals surface area (Å²) in [5.41, 5.74) is 2.42. The Morgan fingerprint density at radius 2 is 1.83 bits per heavy atom. The van der Waals surface area contributed by atoms with E-state index in [9.17, 15) is 9.59 Å². The molecule has 1 atom stereocenters. The molecule has 0 bridgehead atoms. The van der Waals surface area contributed by atoms with Crippen LogP contribution in [0.5, 0.6) is 0 Å². The molecule has 0 heterocycles. The third kappa shape index (κ3) is 2.78. The number of ketones is 2. The van der Waals surface area contributed by atoms with Crippen LogP contribution in [0.1, 0.15) is 25.8 Å². The van der Waals surface area contributed by atoms with Crippen LogP contribution in [0.3, 0.4) is 0 Å². The Morgan fingerprint density at radius 3 is 2.46 bits per heavy atom. The summed E-state index contributed by atoms with van der Waals surface area (Å²) in [6, 6.07) is 9.26. The fourth-order valence-electron chi connectivity index (χ4n) is 3.25. The van der Waals surface area contributed by atoms with Gasteiger partial charge in [0, 0.05) is 11.5 Å². The summed E-state index contributed by atoms with van der Waals surface area (Å²) in [6.07, 6.45) is 8.59.